The number of rotatable bonds is 3. The quantitative estimate of drug-likeness (QED) is 0.458. The Labute approximate surface area is 86.9 Å². The molecule has 4 heteroatoms. The molecule has 72 valence electrons. The highest BCUT2D eigenvalue weighted by molar-refractivity contribution is 7.79. The molecule has 3 N–H and O–H groups in total. The second-order valence-corrected chi connectivity index (χ2v) is 3.24. The number of hydrazine groups is 1. The first-order valence-corrected chi connectivity index (χ1v) is 4.72. The third kappa shape index (κ3) is 1.55. The third-order valence-electron chi connectivity index (χ3n) is 2.07. The summed E-state index contributed by atoms with van der Waals surface area (Å²) >= 11 is 4.83. The van der Waals surface area contributed by atoms with E-state index in [1.165, 1.54) is 5.37 Å². The highest BCUT2D eigenvalue weighted by atomic mass is 32.1. The Morgan fingerprint density at radius 3 is 2.86 bits per heavy atom. The normalized spacial score (nSPS) is 12.9. The van der Waals surface area contributed by atoms with Crippen molar-refractivity contribution in [3.8, 4) is 0 Å². The molecule has 1 heterocycles. The van der Waals surface area contributed by atoms with Gasteiger partial charge >= 0.3 is 0 Å². The van der Waals surface area contributed by atoms with E-state index in [1.807, 2.05) is 30.3 Å². The first-order valence-electron chi connectivity index (χ1n) is 4.25. The van der Waals surface area contributed by atoms with Crippen molar-refractivity contribution in [3.63, 3.8) is 0 Å². The molecular formula is C10H10N2OS. The Bertz CT molecular complexity index is 419. The summed E-state index contributed by atoms with van der Waals surface area (Å²) in [5.41, 5.74) is 3.42. The Hall–Kier alpha value is -1.23. The number of para-hydroxylation sites is 1. The van der Waals surface area contributed by atoms with E-state index in [4.69, 9.17) is 22.5 Å². The van der Waals surface area contributed by atoms with Crippen molar-refractivity contribution in [3.05, 3.63) is 36.1 Å². The monoisotopic (exact) mass is 206 g/mol. The van der Waals surface area contributed by atoms with Crippen LogP contribution in [0.25, 0.3) is 11.0 Å². The van der Waals surface area contributed by atoms with Crippen molar-refractivity contribution in [2.45, 2.75) is 6.04 Å². The molecular weight excluding hydrogens is 196 g/mol. The van der Waals surface area contributed by atoms with Gasteiger partial charge in [-0.05, 0) is 12.1 Å². The molecule has 0 amide bonds. The molecule has 0 spiro atoms. The lowest BCUT2D eigenvalue weighted by Gasteiger charge is -2.04. The van der Waals surface area contributed by atoms with Gasteiger partial charge in [-0.15, -0.1) is 0 Å². The Balaban J connectivity index is 2.48. The maximum absolute atomic E-state index is 5.57. The average molecular weight is 206 g/mol. The van der Waals surface area contributed by atoms with Crippen LogP contribution in [-0.2, 0) is 0 Å². The van der Waals surface area contributed by atoms with Gasteiger partial charge in [0.15, 0.2) is 0 Å². The molecule has 2 rings (SSSR count). The fraction of sp³-hybridized carbons (Fsp3) is 0.100. The van der Waals surface area contributed by atoms with Crippen molar-refractivity contribution < 1.29 is 4.42 Å². The summed E-state index contributed by atoms with van der Waals surface area (Å²) in [7, 11) is 0. The topological polar surface area (TPSA) is 51.2 Å². The van der Waals surface area contributed by atoms with Crippen LogP contribution in [0, 0.1) is 0 Å². The van der Waals surface area contributed by atoms with Crippen molar-refractivity contribution >= 4 is 28.6 Å². The second kappa shape index (κ2) is 3.88. The minimum absolute atomic E-state index is 0.211. The van der Waals surface area contributed by atoms with Crippen LogP contribution >= 0.6 is 12.2 Å². The summed E-state index contributed by atoms with van der Waals surface area (Å²) in [6.07, 6.45) is 0. The molecule has 0 bridgehead atoms. The summed E-state index contributed by atoms with van der Waals surface area (Å²) in [5, 5.41) is 2.59. The zero-order valence-electron chi connectivity index (χ0n) is 7.44. The van der Waals surface area contributed by atoms with Gasteiger partial charge in [0, 0.05) is 10.8 Å². The third-order valence-corrected chi connectivity index (χ3v) is 2.34. The van der Waals surface area contributed by atoms with Gasteiger partial charge in [-0.1, -0.05) is 30.4 Å². The lowest BCUT2D eigenvalue weighted by Crippen LogP contribution is -2.28. The molecule has 0 saturated carbocycles. The van der Waals surface area contributed by atoms with Gasteiger partial charge in [0.05, 0.1) is 0 Å². The number of nitrogens with one attached hydrogen (secondary N) is 1. The fourth-order valence-electron chi connectivity index (χ4n) is 1.34. The predicted octanol–water partition coefficient (Wildman–Crippen LogP) is 1.94. The number of benzene rings is 1. The van der Waals surface area contributed by atoms with Gasteiger partial charge in [-0.3, -0.25) is 5.84 Å². The van der Waals surface area contributed by atoms with Gasteiger partial charge in [-0.2, -0.15) is 0 Å². The standard InChI is InChI=1S/C10H10N2OS/c11-12-8(6-14)10-5-7-3-1-2-4-9(7)13-10/h1-6,8,12H,11H2. The SMILES string of the molecule is NNC(C=S)c1cc2ccccc2o1. The maximum Gasteiger partial charge on any atom is 0.134 e. The van der Waals surface area contributed by atoms with E-state index in [0.29, 0.717) is 0 Å². The van der Waals surface area contributed by atoms with Crippen LogP contribution in [0.1, 0.15) is 11.8 Å². The summed E-state index contributed by atoms with van der Waals surface area (Å²) in [4.78, 5) is 0. The van der Waals surface area contributed by atoms with Crippen LogP contribution in [0.4, 0.5) is 0 Å². The number of hydrogen-bond donors (Lipinski definition) is 2. The molecule has 0 aliphatic heterocycles. The van der Waals surface area contributed by atoms with Crippen LogP contribution in [0.5, 0.6) is 0 Å². The molecule has 1 aromatic carbocycles. The molecule has 0 fully saturated rings. The van der Waals surface area contributed by atoms with Crippen molar-refractivity contribution in [1.29, 1.82) is 0 Å². The molecule has 1 aromatic heterocycles. The summed E-state index contributed by atoms with van der Waals surface area (Å²) < 4.78 is 5.57. The molecule has 0 radical (unpaired) electrons. The van der Waals surface area contributed by atoms with E-state index in [1.54, 1.807) is 0 Å². The minimum Gasteiger partial charge on any atom is -0.459 e. The maximum atomic E-state index is 5.57. The predicted molar refractivity (Wildman–Crippen MR) is 59.9 cm³/mol. The number of hydrogen-bond acceptors (Lipinski definition) is 4. The largest absolute Gasteiger partial charge is 0.459 e. The number of thiocarbonyl (C=S) groups is 1. The highest BCUT2D eigenvalue weighted by Gasteiger charge is 2.11. The van der Waals surface area contributed by atoms with Gasteiger partial charge < -0.3 is 4.42 Å². The average Bonchev–Trinajstić information content (AvgIpc) is 2.63. The van der Waals surface area contributed by atoms with E-state index in [2.05, 4.69) is 5.43 Å². The molecule has 1 unspecified atom stereocenters. The Morgan fingerprint density at radius 1 is 1.43 bits per heavy atom. The van der Waals surface area contributed by atoms with E-state index >= 15 is 0 Å². The van der Waals surface area contributed by atoms with Crippen molar-refractivity contribution in [1.82, 2.24) is 5.43 Å². The summed E-state index contributed by atoms with van der Waals surface area (Å²) in [5.74, 6) is 6.07. The summed E-state index contributed by atoms with van der Waals surface area (Å²) in [6, 6.07) is 9.51. The lowest BCUT2D eigenvalue weighted by molar-refractivity contribution is 0.504. The molecule has 14 heavy (non-hydrogen) atoms. The zero-order valence-corrected chi connectivity index (χ0v) is 8.25. The van der Waals surface area contributed by atoms with Crippen molar-refractivity contribution in [2.24, 2.45) is 5.84 Å². The summed E-state index contributed by atoms with van der Waals surface area (Å²) in [6.45, 7) is 0. The smallest absolute Gasteiger partial charge is 0.134 e. The lowest BCUT2D eigenvalue weighted by atomic mass is 10.2. The van der Waals surface area contributed by atoms with Gasteiger partial charge in [0.1, 0.15) is 17.4 Å². The van der Waals surface area contributed by atoms with E-state index < -0.39 is 0 Å². The van der Waals surface area contributed by atoms with E-state index in [-0.39, 0.29) is 6.04 Å². The van der Waals surface area contributed by atoms with Gasteiger partial charge in [0.2, 0.25) is 0 Å². The van der Waals surface area contributed by atoms with Crippen LogP contribution < -0.4 is 11.3 Å². The zero-order chi connectivity index (χ0) is 9.97. The van der Waals surface area contributed by atoms with Crippen LogP contribution in [0.3, 0.4) is 0 Å². The van der Waals surface area contributed by atoms with E-state index in [9.17, 15) is 0 Å². The molecule has 2 aromatic rings. The van der Waals surface area contributed by atoms with Crippen LogP contribution in [0.2, 0.25) is 0 Å². The van der Waals surface area contributed by atoms with E-state index in [0.717, 1.165) is 16.7 Å². The van der Waals surface area contributed by atoms with Gasteiger partial charge in [0.25, 0.3) is 0 Å². The molecule has 0 aliphatic rings. The Kier molecular flexibility index (Phi) is 2.58. The molecule has 3 nitrogen and oxygen atoms in total. The minimum atomic E-state index is -0.211. The fourth-order valence-corrected chi connectivity index (χ4v) is 1.56. The number of nitrogens with two attached hydrogens (primary N) is 1. The van der Waals surface area contributed by atoms with Crippen LogP contribution in [0.15, 0.2) is 34.7 Å². The second-order valence-electron chi connectivity index (χ2n) is 2.97. The molecule has 0 saturated heterocycles. The molecule has 0 aliphatic carbocycles. The number of fused-ring (bicyclic) bond motifs is 1. The Morgan fingerprint density at radius 2 is 2.21 bits per heavy atom. The van der Waals surface area contributed by atoms with Gasteiger partial charge in [-0.25, -0.2) is 5.43 Å². The molecule has 1 atom stereocenters. The van der Waals surface area contributed by atoms with Crippen molar-refractivity contribution in [2.75, 3.05) is 0 Å². The highest BCUT2D eigenvalue weighted by Crippen LogP contribution is 2.22. The van der Waals surface area contributed by atoms with Crippen LogP contribution in [-0.4, -0.2) is 5.37 Å². The number of furan rings is 1. The first kappa shape index (κ1) is 9.33. The first-order chi connectivity index (χ1) is 6.85.